The predicted molar refractivity (Wildman–Crippen MR) is 222 cm³/mol. The number of likely N-dealkylation sites (N-methyl/N-ethyl adjacent to an activating group) is 1. The fourth-order valence-corrected chi connectivity index (χ4v) is 8.27. The van der Waals surface area contributed by atoms with Crippen LogP contribution in [0.3, 0.4) is 0 Å². The molecule has 0 bridgehead atoms. The van der Waals surface area contributed by atoms with Crippen molar-refractivity contribution in [3.8, 4) is 5.75 Å². The molecule has 0 aromatic heterocycles. The van der Waals surface area contributed by atoms with Gasteiger partial charge in [0, 0.05) is 13.5 Å². The van der Waals surface area contributed by atoms with E-state index >= 15 is 4.57 Å². The maximum absolute atomic E-state index is 15.4. The van der Waals surface area contributed by atoms with Crippen LogP contribution in [-0.4, -0.2) is 36.7 Å². The summed E-state index contributed by atoms with van der Waals surface area (Å²) in [5, 5.41) is 9.17. The number of carbonyl (C=O) groups is 2. The van der Waals surface area contributed by atoms with Gasteiger partial charge in [-0.3, -0.25) is 19.5 Å². The average Bonchev–Trinajstić information content (AvgIpc) is 3.23. The third-order valence-electron chi connectivity index (χ3n) is 9.37. The van der Waals surface area contributed by atoms with Crippen LogP contribution in [0.1, 0.15) is 54.5 Å². The molecule has 0 fully saturated rings. The van der Waals surface area contributed by atoms with Crippen LogP contribution in [0.2, 0.25) is 0 Å². The second kappa shape index (κ2) is 21.9. The summed E-state index contributed by atoms with van der Waals surface area (Å²) in [6.45, 7) is 4.52. The Morgan fingerprint density at radius 1 is 0.607 bits per heavy atom. The molecule has 10 heteroatoms. The predicted octanol–water partition coefficient (Wildman–Crippen LogP) is 8.63. The van der Waals surface area contributed by atoms with Crippen molar-refractivity contribution in [2.45, 2.75) is 77.2 Å². The molecule has 5 aromatic rings. The first-order valence-electron chi connectivity index (χ1n) is 19.3. The van der Waals surface area contributed by atoms with Gasteiger partial charge in [0.25, 0.3) is 0 Å². The first-order valence-corrected chi connectivity index (χ1v) is 20.9. The van der Waals surface area contributed by atoms with Crippen LogP contribution in [-0.2, 0) is 55.9 Å². The highest BCUT2D eigenvalue weighted by atomic mass is 31.2. The maximum atomic E-state index is 15.4. The number of aryl methyl sites for hydroxylation is 1. The Labute approximate surface area is 331 Å². The molecular formula is C46H54N3O6P. The lowest BCUT2D eigenvalue weighted by molar-refractivity contribution is -0.130. The topological polar surface area (TPSA) is 115 Å². The van der Waals surface area contributed by atoms with Crippen LogP contribution in [0.15, 0.2) is 146 Å². The summed E-state index contributed by atoms with van der Waals surface area (Å²) in [7, 11) is -2.48. The molecule has 5 aromatic carbocycles. The minimum atomic E-state index is -4.04. The summed E-state index contributed by atoms with van der Waals surface area (Å²) in [5.74, 6) is -0.812. The Balaban J connectivity index is 1.46. The van der Waals surface area contributed by atoms with Crippen LogP contribution in [0.25, 0.3) is 0 Å². The molecule has 1 unspecified atom stereocenters. The van der Waals surface area contributed by atoms with Gasteiger partial charge in [-0.15, -0.1) is 0 Å². The zero-order valence-electron chi connectivity index (χ0n) is 32.5. The first kappa shape index (κ1) is 42.1. The molecule has 9 nitrogen and oxygen atoms in total. The molecule has 0 aliphatic carbocycles. The fraction of sp³-hybridized carbons (Fsp3) is 0.304. The van der Waals surface area contributed by atoms with Crippen molar-refractivity contribution in [3.05, 3.63) is 173 Å². The van der Waals surface area contributed by atoms with E-state index in [0.29, 0.717) is 31.6 Å². The molecule has 0 saturated carbocycles. The van der Waals surface area contributed by atoms with E-state index in [9.17, 15) is 9.59 Å². The summed E-state index contributed by atoms with van der Waals surface area (Å²) >= 11 is 0. The monoisotopic (exact) mass is 775 g/mol. The number of rotatable bonds is 22. The lowest BCUT2D eigenvalue weighted by Crippen LogP contribution is -2.55. The van der Waals surface area contributed by atoms with Crippen molar-refractivity contribution in [2.24, 2.45) is 5.92 Å². The van der Waals surface area contributed by atoms with Gasteiger partial charge in [0.15, 0.2) is 0 Å². The third kappa shape index (κ3) is 13.3. The van der Waals surface area contributed by atoms with Gasteiger partial charge in [0.2, 0.25) is 11.8 Å². The number of nitrogens with one attached hydrogen (secondary N) is 3. The van der Waals surface area contributed by atoms with E-state index in [1.165, 1.54) is 0 Å². The lowest BCUT2D eigenvalue weighted by atomic mass is 10.0. The number of hydrogen-bond donors (Lipinski definition) is 3. The zero-order chi connectivity index (χ0) is 39.6. The van der Waals surface area contributed by atoms with Gasteiger partial charge in [-0.2, -0.15) is 0 Å². The standard InChI is InChI=1S/C46H54N3O6P/c1-35(2)30-41(46(51)49-42(45(50)47-3)31-36-18-8-4-9-19-36)48-44(29-28-40-26-16-17-27-43(40)53-32-37-20-10-5-11-21-37)56(52,54-33-38-22-12-6-13-23-38)55-34-39-24-14-7-15-25-39/h4-27,35,41-42,44,48H,28-34H2,1-3H3,(H,47,50)(H,49,51)/t41-,42-,44?/m0/s1. The largest absolute Gasteiger partial charge is 0.489 e. The Morgan fingerprint density at radius 3 is 1.61 bits per heavy atom. The van der Waals surface area contributed by atoms with Gasteiger partial charge >= 0.3 is 7.60 Å². The number of carbonyl (C=O) groups excluding carboxylic acids is 2. The first-order chi connectivity index (χ1) is 27.2. The van der Waals surface area contributed by atoms with E-state index in [2.05, 4.69) is 16.0 Å². The van der Waals surface area contributed by atoms with Gasteiger partial charge < -0.3 is 24.4 Å². The van der Waals surface area contributed by atoms with E-state index in [4.69, 9.17) is 13.8 Å². The molecule has 0 radical (unpaired) electrons. The second-order valence-electron chi connectivity index (χ2n) is 14.2. The fourth-order valence-electron chi connectivity index (χ4n) is 6.37. The number of amides is 2. The summed E-state index contributed by atoms with van der Waals surface area (Å²) in [6, 6.07) is 44.7. The molecule has 0 aliphatic heterocycles. The molecule has 0 saturated heterocycles. The molecule has 3 atom stereocenters. The van der Waals surface area contributed by atoms with Crippen LogP contribution >= 0.6 is 7.60 Å². The quantitative estimate of drug-likeness (QED) is 0.0604. The summed E-state index contributed by atoms with van der Waals surface area (Å²) in [4.78, 5) is 27.4. The molecule has 56 heavy (non-hydrogen) atoms. The van der Waals surface area contributed by atoms with Crippen molar-refractivity contribution >= 4 is 19.4 Å². The highest BCUT2D eigenvalue weighted by Gasteiger charge is 2.40. The Hall–Kier alpha value is -5.05. The van der Waals surface area contributed by atoms with E-state index in [1.54, 1.807) is 7.05 Å². The van der Waals surface area contributed by atoms with Crippen molar-refractivity contribution in [3.63, 3.8) is 0 Å². The molecule has 3 N–H and O–H groups in total. The molecule has 2 amide bonds. The van der Waals surface area contributed by atoms with Crippen LogP contribution < -0.4 is 20.7 Å². The van der Waals surface area contributed by atoms with Crippen molar-refractivity contribution in [1.29, 1.82) is 0 Å². The molecule has 0 aliphatic rings. The summed E-state index contributed by atoms with van der Waals surface area (Å²) < 4.78 is 34.4. The van der Waals surface area contributed by atoms with Crippen LogP contribution in [0.4, 0.5) is 0 Å². The van der Waals surface area contributed by atoms with Crippen molar-refractivity contribution < 1.29 is 27.9 Å². The number of hydrogen-bond acceptors (Lipinski definition) is 7. The van der Waals surface area contributed by atoms with Gasteiger partial charge in [-0.05, 0) is 59.1 Å². The van der Waals surface area contributed by atoms with Crippen LogP contribution in [0, 0.1) is 5.92 Å². The molecule has 0 spiro atoms. The summed E-state index contributed by atoms with van der Waals surface area (Å²) in [6.07, 6.45) is 1.45. The Morgan fingerprint density at radius 2 is 1.09 bits per heavy atom. The zero-order valence-corrected chi connectivity index (χ0v) is 33.4. The Bertz CT molecular complexity index is 1920. The molecule has 294 valence electrons. The average molecular weight is 776 g/mol. The summed E-state index contributed by atoms with van der Waals surface area (Å²) in [5.41, 5.74) is 4.54. The van der Waals surface area contributed by atoms with Gasteiger partial charge in [0.1, 0.15) is 24.2 Å². The highest BCUT2D eigenvalue weighted by molar-refractivity contribution is 7.54. The number of para-hydroxylation sites is 1. The van der Waals surface area contributed by atoms with Gasteiger partial charge in [0.05, 0.1) is 19.3 Å². The van der Waals surface area contributed by atoms with Crippen LogP contribution in [0.5, 0.6) is 5.75 Å². The smallest absolute Gasteiger partial charge is 0.348 e. The van der Waals surface area contributed by atoms with Crippen molar-refractivity contribution in [2.75, 3.05) is 7.05 Å². The second-order valence-corrected chi connectivity index (χ2v) is 16.4. The lowest BCUT2D eigenvalue weighted by Gasteiger charge is -2.32. The SMILES string of the molecule is CNC(=O)[C@H](Cc1ccccc1)NC(=O)[C@H](CC(C)C)NC(CCc1ccccc1OCc1ccccc1)P(=O)(OCc1ccccc1)OCc1ccccc1. The number of ether oxygens (including phenoxy) is 1. The van der Waals surface area contributed by atoms with Gasteiger partial charge in [-0.1, -0.05) is 153 Å². The maximum Gasteiger partial charge on any atom is 0.348 e. The third-order valence-corrected chi connectivity index (χ3v) is 11.5. The molecule has 0 heterocycles. The van der Waals surface area contributed by atoms with Gasteiger partial charge in [-0.25, -0.2) is 0 Å². The van der Waals surface area contributed by atoms with E-state index in [1.807, 2.05) is 159 Å². The minimum Gasteiger partial charge on any atom is -0.489 e. The minimum absolute atomic E-state index is 0.0404. The molecular weight excluding hydrogens is 721 g/mol. The van der Waals surface area contributed by atoms with Crippen molar-refractivity contribution in [1.82, 2.24) is 16.0 Å². The van der Waals surface area contributed by atoms with E-state index in [0.717, 1.165) is 27.8 Å². The normalized spacial score (nSPS) is 13.1. The number of benzene rings is 5. The van der Waals surface area contributed by atoms with E-state index in [-0.39, 0.29) is 37.4 Å². The molecule has 5 rings (SSSR count). The Kier molecular flexibility index (Phi) is 16.5. The highest BCUT2D eigenvalue weighted by Crippen LogP contribution is 2.55. The van der Waals surface area contributed by atoms with E-state index < -0.39 is 25.5 Å².